The summed E-state index contributed by atoms with van der Waals surface area (Å²) in [6.45, 7) is 6.06. The molecule has 3 rings (SSSR count). The van der Waals surface area contributed by atoms with E-state index in [9.17, 15) is 0 Å². The van der Waals surface area contributed by atoms with Crippen molar-refractivity contribution >= 4 is 28.9 Å². The summed E-state index contributed by atoms with van der Waals surface area (Å²) in [7, 11) is 0. The predicted octanol–water partition coefficient (Wildman–Crippen LogP) is 3.61. The Hall–Kier alpha value is -0.850. The standard InChI is InChI=1S/C15H17Cl2NO4/c1-4-19-14-13-12(20-15(2,3)21-13)11(18-22-14)9-6-5-8(16)7-10(9)17/h5-7,12-14H,4H2,1-3H3/t12-,13-,14-/m0/s1. The molecule has 0 aliphatic carbocycles. The summed E-state index contributed by atoms with van der Waals surface area (Å²) in [5, 5.41) is 5.20. The van der Waals surface area contributed by atoms with Gasteiger partial charge in [-0.3, -0.25) is 0 Å². The number of halogens is 2. The number of hydrogen-bond donors (Lipinski definition) is 0. The van der Waals surface area contributed by atoms with Crippen molar-refractivity contribution < 1.29 is 19.0 Å². The van der Waals surface area contributed by atoms with E-state index >= 15 is 0 Å². The minimum atomic E-state index is -0.752. The maximum atomic E-state index is 6.27. The Morgan fingerprint density at radius 1 is 1.27 bits per heavy atom. The molecular weight excluding hydrogens is 329 g/mol. The second-order valence-electron chi connectivity index (χ2n) is 5.55. The van der Waals surface area contributed by atoms with Gasteiger partial charge in [0, 0.05) is 17.2 Å². The lowest BCUT2D eigenvalue weighted by atomic mass is 10.00. The monoisotopic (exact) mass is 345 g/mol. The van der Waals surface area contributed by atoms with Crippen LogP contribution in [0.2, 0.25) is 10.0 Å². The number of benzene rings is 1. The molecule has 3 atom stereocenters. The van der Waals surface area contributed by atoms with Gasteiger partial charge in [-0.05, 0) is 39.0 Å². The van der Waals surface area contributed by atoms with Crippen LogP contribution in [0.25, 0.3) is 0 Å². The van der Waals surface area contributed by atoms with Crippen LogP contribution in [0.3, 0.4) is 0 Å². The summed E-state index contributed by atoms with van der Waals surface area (Å²) in [5.74, 6) is -0.752. The fourth-order valence-electron chi connectivity index (χ4n) is 2.61. The maximum Gasteiger partial charge on any atom is 0.256 e. The van der Waals surface area contributed by atoms with Gasteiger partial charge in [0.25, 0.3) is 6.29 Å². The number of ether oxygens (including phenoxy) is 3. The summed E-state index contributed by atoms with van der Waals surface area (Å²) in [4.78, 5) is 5.45. The maximum absolute atomic E-state index is 6.27. The minimum Gasteiger partial charge on any atom is -0.360 e. The van der Waals surface area contributed by atoms with Gasteiger partial charge < -0.3 is 19.0 Å². The van der Waals surface area contributed by atoms with Crippen molar-refractivity contribution in [2.45, 2.75) is 45.1 Å². The molecule has 120 valence electrons. The molecule has 0 unspecified atom stereocenters. The van der Waals surface area contributed by atoms with Gasteiger partial charge in [0.1, 0.15) is 11.8 Å². The van der Waals surface area contributed by atoms with Crippen molar-refractivity contribution in [2.24, 2.45) is 5.16 Å². The zero-order valence-electron chi connectivity index (χ0n) is 12.5. The van der Waals surface area contributed by atoms with Crippen LogP contribution < -0.4 is 0 Å². The van der Waals surface area contributed by atoms with E-state index in [1.54, 1.807) is 18.2 Å². The molecule has 0 N–H and O–H groups in total. The molecule has 1 saturated heterocycles. The summed E-state index contributed by atoms with van der Waals surface area (Å²) in [5.41, 5.74) is 1.28. The molecule has 0 saturated carbocycles. The van der Waals surface area contributed by atoms with Crippen LogP contribution in [0.1, 0.15) is 26.3 Å². The fourth-order valence-corrected chi connectivity index (χ4v) is 3.11. The van der Waals surface area contributed by atoms with E-state index in [1.165, 1.54) is 0 Å². The van der Waals surface area contributed by atoms with Crippen molar-refractivity contribution in [3.8, 4) is 0 Å². The normalized spacial score (nSPS) is 29.7. The minimum absolute atomic E-state index is 0.408. The van der Waals surface area contributed by atoms with Crippen LogP contribution in [0.15, 0.2) is 23.4 Å². The third kappa shape index (κ3) is 2.96. The molecule has 22 heavy (non-hydrogen) atoms. The van der Waals surface area contributed by atoms with Crippen LogP contribution >= 0.6 is 23.2 Å². The van der Waals surface area contributed by atoms with Gasteiger partial charge in [0.2, 0.25) is 0 Å². The Kier molecular flexibility index (Phi) is 4.36. The lowest BCUT2D eigenvalue weighted by Crippen LogP contribution is -2.46. The van der Waals surface area contributed by atoms with Crippen molar-refractivity contribution in [2.75, 3.05) is 6.61 Å². The summed E-state index contributed by atoms with van der Waals surface area (Å²) < 4.78 is 17.4. The largest absolute Gasteiger partial charge is 0.360 e. The summed E-state index contributed by atoms with van der Waals surface area (Å²) >= 11 is 12.2. The van der Waals surface area contributed by atoms with Crippen molar-refractivity contribution in [3.05, 3.63) is 33.8 Å². The Labute approximate surface area is 139 Å². The molecule has 1 aromatic carbocycles. The van der Waals surface area contributed by atoms with E-state index in [1.807, 2.05) is 20.8 Å². The van der Waals surface area contributed by atoms with Crippen molar-refractivity contribution in [1.82, 2.24) is 0 Å². The van der Waals surface area contributed by atoms with E-state index in [0.717, 1.165) is 0 Å². The lowest BCUT2D eigenvalue weighted by Gasteiger charge is -2.29. The first-order chi connectivity index (χ1) is 10.4. The van der Waals surface area contributed by atoms with Gasteiger partial charge in [-0.2, -0.15) is 0 Å². The highest BCUT2D eigenvalue weighted by atomic mass is 35.5. The average molecular weight is 346 g/mol. The number of nitrogens with zero attached hydrogens (tertiary/aromatic N) is 1. The van der Waals surface area contributed by atoms with Gasteiger partial charge in [-0.15, -0.1) is 0 Å². The first kappa shape index (κ1) is 16.0. The first-order valence-corrected chi connectivity index (χ1v) is 7.83. The quantitative estimate of drug-likeness (QED) is 0.839. The average Bonchev–Trinajstić information content (AvgIpc) is 2.76. The first-order valence-electron chi connectivity index (χ1n) is 7.07. The molecular formula is C15H17Cl2NO4. The molecule has 7 heteroatoms. The van der Waals surface area contributed by atoms with Crippen LogP contribution in [-0.2, 0) is 19.0 Å². The molecule has 2 aliphatic rings. The lowest BCUT2D eigenvalue weighted by molar-refractivity contribution is -0.221. The molecule has 2 aliphatic heterocycles. The Morgan fingerprint density at radius 2 is 2.05 bits per heavy atom. The third-order valence-corrected chi connectivity index (χ3v) is 4.01. The highest BCUT2D eigenvalue weighted by Gasteiger charge is 2.52. The molecule has 0 bridgehead atoms. The molecule has 0 spiro atoms. The smallest absolute Gasteiger partial charge is 0.256 e. The zero-order valence-corrected chi connectivity index (χ0v) is 14.0. The Bertz CT molecular complexity index is 605. The summed E-state index contributed by atoms with van der Waals surface area (Å²) in [6, 6.07) is 5.20. The third-order valence-electron chi connectivity index (χ3n) is 3.46. The summed E-state index contributed by atoms with van der Waals surface area (Å²) in [6.07, 6.45) is -1.43. The van der Waals surface area contributed by atoms with Crippen LogP contribution in [-0.4, -0.2) is 36.6 Å². The highest BCUT2D eigenvalue weighted by molar-refractivity contribution is 6.37. The molecule has 2 heterocycles. The molecule has 5 nitrogen and oxygen atoms in total. The second-order valence-corrected chi connectivity index (χ2v) is 6.39. The molecule has 0 amide bonds. The van der Waals surface area contributed by atoms with E-state index in [-0.39, 0.29) is 0 Å². The topological polar surface area (TPSA) is 49.3 Å². The van der Waals surface area contributed by atoms with E-state index in [4.69, 9.17) is 42.3 Å². The van der Waals surface area contributed by atoms with E-state index in [0.29, 0.717) is 27.9 Å². The number of fused-ring (bicyclic) bond motifs is 1. The highest BCUT2D eigenvalue weighted by Crippen LogP contribution is 2.37. The predicted molar refractivity (Wildman–Crippen MR) is 83.3 cm³/mol. The SMILES string of the molecule is CCO[C@H]1ON=C(c2ccc(Cl)cc2Cl)[C@@H]2OC(C)(C)O[C@H]12. The number of hydrogen-bond acceptors (Lipinski definition) is 5. The molecule has 0 radical (unpaired) electrons. The van der Waals surface area contributed by atoms with Crippen LogP contribution in [0.5, 0.6) is 0 Å². The Morgan fingerprint density at radius 3 is 2.73 bits per heavy atom. The van der Waals surface area contributed by atoms with Gasteiger partial charge in [-0.25, -0.2) is 0 Å². The second kappa shape index (κ2) is 5.98. The van der Waals surface area contributed by atoms with Gasteiger partial charge in [0.05, 0.1) is 5.02 Å². The van der Waals surface area contributed by atoms with Gasteiger partial charge >= 0.3 is 0 Å². The molecule has 0 aromatic heterocycles. The van der Waals surface area contributed by atoms with Crippen LogP contribution in [0.4, 0.5) is 0 Å². The van der Waals surface area contributed by atoms with Crippen molar-refractivity contribution in [3.63, 3.8) is 0 Å². The number of rotatable bonds is 3. The van der Waals surface area contributed by atoms with Gasteiger partial charge in [0.15, 0.2) is 11.9 Å². The fraction of sp³-hybridized carbons (Fsp3) is 0.533. The van der Waals surface area contributed by atoms with Crippen LogP contribution in [0, 0.1) is 0 Å². The number of oxime groups is 1. The molecule has 1 aromatic rings. The van der Waals surface area contributed by atoms with E-state index < -0.39 is 24.3 Å². The zero-order chi connectivity index (χ0) is 15.9. The van der Waals surface area contributed by atoms with E-state index in [2.05, 4.69) is 5.16 Å². The Balaban J connectivity index is 1.97. The van der Waals surface area contributed by atoms with Crippen molar-refractivity contribution in [1.29, 1.82) is 0 Å². The van der Waals surface area contributed by atoms with Gasteiger partial charge in [-0.1, -0.05) is 28.4 Å². The molecule has 1 fully saturated rings.